The Morgan fingerprint density at radius 1 is 1.14 bits per heavy atom. The van der Waals surface area contributed by atoms with Crippen molar-refractivity contribution in [2.45, 2.75) is 6.54 Å². The smallest absolute Gasteiger partial charge is 0.345 e. The summed E-state index contributed by atoms with van der Waals surface area (Å²) in [5.41, 5.74) is -0.116. The van der Waals surface area contributed by atoms with Crippen molar-refractivity contribution in [1.29, 1.82) is 0 Å². The predicted molar refractivity (Wildman–Crippen MR) is 99.8 cm³/mol. The third-order valence-electron chi connectivity index (χ3n) is 3.63. The first-order valence-corrected chi connectivity index (χ1v) is 8.32. The molecule has 0 saturated heterocycles. The molecule has 0 aromatic heterocycles. The molecule has 28 heavy (non-hydrogen) atoms. The lowest BCUT2D eigenvalue weighted by Crippen LogP contribution is -2.28. The number of hydrogen-bond donors (Lipinski definition) is 1. The summed E-state index contributed by atoms with van der Waals surface area (Å²) in [4.78, 5) is 34.6. The molecule has 0 aliphatic heterocycles. The van der Waals surface area contributed by atoms with E-state index in [1.165, 1.54) is 14.2 Å². The van der Waals surface area contributed by atoms with Gasteiger partial charge in [0.1, 0.15) is 5.56 Å². The molecule has 0 aliphatic rings. The third-order valence-corrected chi connectivity index (χ3v) is 3.87. The van der Waals surface area contributed by atoms with Crippen LogP contribution in [0.25, 0.3) is 0 Å². The molecular formula is C18H17ClN2O7. The van der Waals surface area contributed by atoms with Gasteiger partial charge >= 0.3 is 5.97 Å². The molecule has 1 amide bonds. The van der Waals surface area contributed by atoms with Crippen LogP contribution in [0, 0.1) is 10.1 Å². The van der Waals surface area contributed by atoms with Crippen LogP contribution < -0.4 is 14.8 Å². The Balaban J connectivity index is 2.03. The fourth-order valence-corrected chi connectivity index (χ4v) is 2.50. The number of carbonyl (C=O) groups excluding carboxylic acids is 2. The molecule has 2 aromatic carbocycles. The van der Waals surface area contributed by atoms with Crippen LogP contribution in [0.2, 0.25) is 5.02 Å². The normalized spacial score (nSPS) is 10.1. The number of nitro benzene ring substituents is 1. The number of nitrogens with one attached hydrogen (secondary N) is 1. The Bertz CT molecular complexity index is 901. The molecule has 0 spiro atoms. The summed E-state index contributed by atoms with van der Waals surface area (Å²) in [6.07, 6.45) is 0. The van der Waals surface area contributed by atoms with Crippen molar-refractivity contribution in [3.63, 3.8) is 0 Å². The average molecular weight is 409 g/mol. The van der Waals surface area contributed by atoms with E-state index in [4.69, 9.17) is 25.8 Å². The largest absolute Gasteiger partial charge is 0.493 e. The zero-order chi connectivity index (χ0) is 20.7. The second-order valence-corrected chi connectivity index (χ2v) is 5.90. The lowest BCUT2D eigenvalue weighted by molar-refractivity contribution is -0.385. The van der Waals surface area contributed by atoms with E-state index in [2.05, 4.69) is 5.32 Å². The Morgan fingerprint density at radius 2 is 1.82 bits per heavy atom. The summed E-state index contributed by atoms with van der Waals surface area (Å²) in [7, 11) is 2.63. The van der Waals surface area contributed by atoms with Crippen molar-refractivity contribution in [2.24, 2.45) is 0 Å². The van der Waals surface area contributed by atoms with Crippen molar-refractivity contribution < 1.29 is 28.7 Å². The molecule has 0 radical (unpaired) electrons. The van der Waals surface area contributed by atoms with Crippen LogP contribution in [0.3, 0.4) is 0 Å². The number of rotatable bonds is 8. The number of hydrogen-bond acceptors (Lipinski definition) is 7. The predicted octanol–water partition coefficient (Wildman–Crippen LogP) is 2.74. The maximum atomic E-state index is 12.2. The van der Waals surface area contributed by atoms with Crippen LogP contribution >= 0.6 is 11.6 Å². The Kier molecular flexibility index (Phi) is 7.16. The highest BCUT2D eigenvalue weighted by Gasteiger charge is 2.26. The number of methoxy groups -OCH3 is 2. The summed E-state index contributed by atoms with van der Waals surface area (Å²) < 4.78 is 14.9. The van der Waals surface area contributed by atoms with E-state index >= 15 is 0 Å². The van der Waals surface area contributed by atoms with Gasteiger partial charge in [0.05, 0.1) is 25.2 Å². The van der Waals surface area contributed by atoms with E-state index in [-0.39, 0.29) is 23.6 Å². The molecule has 2 aromatic rings. The van der Waals surface area contributed by atoms with E-state index in [1.807, 2.05) is 0 Å². The molecule has 0 unspecified atom stereocenters. The van der Waals surface area contributed by atoms with Gasteiger partial charge in [0, 0.05) is 17.6 Å². The van der Waals surface area contributed by atoms with Crippen molar-refractivity contribution >= 4 is 29.2 Å². The van der Waals surface area contributed by atoms with Crippen LogP contribution in [0.5, 0.6) is 11.5 Å². The zero-order valence-electron chi connectivity index (χ0n) is 15.1. The monoisotopic (exact) mass is 408 g/mol. The van der Waals surface area contributed by atoms with Gasteiger partial charge in [0.2, 0.25) is 0 Å². The summed E-state index contributed by atoms with van der Waals surface area (Å²) >= 11 is 5.86. The Morgan fingerprint density at radius 3 is 2.43 bits per heavy atom. The van der Waals surface area contributed by atoms with Crippen molar-refractivity contribution in [3.8, 4) is 11.5 Å². The molecule has 1 N–H and O–H groups in total. The standard InChI is InChI=1S/C18H17ClN2O7/c1-26-15-7-13(14(21(24)25)8-16(15)27-2)18(23)28-10-17(22)20-9-11-4-3-5-12(19)6-11/h3-8H,9-10H2,1-2H3,(H,20,22). The zero-order valence-corrected chi connectivity index (χ0v) is 15.8. The number of nitro groups is 1. The molecule has 0 bridgehead atoms. The Hall–Kier alpha value is -3.33. The maximum absolute atomic E-state index is 12.2. The highest BCUT2D eigenvalue weighted by molar-refractivity contribution is 6.30. The van der Waals surface area contributed by atoms with Gasteiger partial charge in [-0.15, -0.1) is 0 Å². The van der Waals surface area contributed by atoms with Crippen molar-refractivity contribution in [3.05, 3.63) is 62.7 Å². The summed E-state index contributed by atoms with van der Waals surface area (Å²) in [5, 5.41) is 14.3. The van der Waals surface area contributed by atoms with Gasteiger partial charge in [0.15, 0.2) is 18.1 Å². The molecular weight excluding hydrogens is 392 g/mol. The fourth-order valence-electron chi connectivity index (χ4n) is 2.29. The number of amides is 1. The number of esters is 1. The van der Waals surface area contributed by atoms with Crippen LogP contribution in [-0.4, -0.2) is 37.6 Å². The second-order valence-electron chi connectivity index (χ2n) is 5.46. The van der Waals surface area contributed by atoms with Gasteiger partial charge in [-0.05, 0) is 17.7 Å². The van der Waals surface area contributed by atoms with E-state index in [1.54, 1.807) is 24.3 Å². The highest BCUT2D eigenvalue weighted by Crippen LogP contribution is 2.34. The topological polar surface area (TPSA) is 117 Å². The van der Waals surface area contributed by atoms with Crippen molar-refractivity contribution in [2.75, 3.05) is 20.8 Å². The maximum Gasteiger partial charge on any atom is 0.345 e. The molecule has 0 aliphatic carbocycles. The molecule has 0 heterocycles. The van der Waals surface area contributed by atoms with E-state index in [0.717, 1.165) is 17.7 Å². The molecule has 10 heteroatoms. The van der Waals surface area contributed by atoms with Gasteiger partial charge < -0.3 is 19.5 Å². The minimum atomic E-state index is -1.04. The Labute approximate surface area is 165 Å². The number of benzene rings is 2. The fraction of sp³-hybridized carbons (Fsp3) is 0.222. The summed E-state index contributed by atoms with van der Waals surface area (Å²) in [5.74, 6) is -1.41. The number of nitrogens with zero attached hydrogens (tertiary/aromatic N) is 1. The number of ether oxygens (including phenoxy) is 3. The first kappa shape index (κ1) is 21.0. The minimum absolute atomic E-state index is 0.0880. The van der Waals surface area contributed by atoms with E-state index in [0.29, 0.717) is 5.02 Å². The lowest BCUT2D eigenvalue weighted by Gasteiger charge is -2.10. The van der Waals surface area contributed by atoms with E-state index < -0.39 is 29.1 Å². The third kappa shape index (κ3) is 5.34. The van der Waals surface area contributed by atoms with Crippen LogP contribution in [0.1, 0.15) is 15.9 Å². The molecule has 0 atom stereocenters. The average Bonchev–Trinajstić information content (AvgIpc) is 2.69. The first-order chi connectivity index (χ1) is 13.3. The molecule has 148 valence electrons. The quantitative estimate of drug-likeness (QED) is 0.405. The minimum Gasteiger partial charge on any atom is -0.493 e. The van der Waals surface area contributed by atoms with Crippen LogP contribution in [0.4, 0.5) is 5.69 Å². The number of carbonyl (C=O) groups is 2. The highest BCUT2D eigenvalue weighted by atomic mass is 35.5. The summed E-state index contributed by atoms with van der Waals surface area (Å²) in [6.45, 7) is -0.418. The SMILES string of the molecule is COc1cc(C(=O)OCC(=O)NCc2cccc(Cl)c2)c([N+](=O)[O-])cc1OC. The van der Waals surface area contributed by atoms with Crippen molar-refractivity contribution in [1.82, 2.24) is 5.32 Å². The van der Waals surface area contributed by atoms with Gasteiger partial charge in [-0.2, -0.15) is 0 Å². The molecule has 0 fully saturated rings. The van der Waals surface area contributed by atoms with Gasteiger partial charge in [-0.25, -0.2) is 4.79 Å². The van der Waals surface area contributed by atoms with Gasteiger partial charge in [0.25, 0.3) is 11.6 Å². The van der Waals surface area contributed by atoms with Gasteiger partial charge in [-0.1, -0.05) is 23.7 Å². The molecule has 0 saturated carbocycles. The number of halogens is 1. The van der Waals surface area contributed by atoms with Crippen LogP contribution in [-0.2, 0) is 16.1 Å². The van der Waals surface area contributed by atoms with Crippen LogP contribution in [0.15, 0.2) is 36.4 Å². The summed E-state index contributed by atoms with van der Waals surface area (Å²) in [6, 6.07) is 9.06. The molecule has 9 nitrogen and oxygen atoms in total. The second kappa shape index (κ2) is 9.56. The van der Waals surface area contributed by atoms with Gasteiger partial charge in [-0.3, -0.25) is 14.9 Å². The van der Waals surface area contributed by atoms with E-state index in [9.17, 15) is 19.7 Å². The molecule has 2 rings (SSSR count). The lowest BCUT2D eigenvalue weighted by atomic mass is 10.1. The first-order valence-electron chi connectivity index (χ1n) is 7.94.